The molecule has 2 heterocycles. The van der Waals surface area contributed by atoms with Crippen molar-refractivity contribution in [3.05, 3.63) is 20.7 Å². The maximum Gasteiger partial charge on any atom is 0.307 e. The van der Waals surface area contributed by atoms with Gasteiger partial charge in [-0.05, 0) is 20.8 Å². The lowest BCUT2D eigenvalue weighted by molar-refractivity contribution is -0.143. The molecule has 2 unspecified atom stereocenters. The lowest BCUT2D eigenvalue weighted by Crippen LogP contribution is -2.49. The molecule has 1 aliphatic rings. The van der Waals surface area contributed by atoms with Gasteiger partial charge in [-0.25, -0.2) is 0 Å². The number of aromatic nitrogens is 1. The second-order valence-corrected chi connectivity index (χ2v) is 5.61. The van der Waals surface area contributed by atoms with E-state index in [-0.39, 0.29) is 29.5 Å². The van der Waals surface area contributed by atoms with Gasteiger partial charge in [0.15, 0.2) is 0 Å². The first-order valence-corrected chi connectivity index (χ1v) is 6.93. The van der Waals surface area contributed by atoms with Gasteiger partial charge in [0, 0.05) is 24.2 Å². The largest absolute Gasteiger partial charge is 0.372 e. The molecule has 1 aliphatic heterocycles. The summed E-state index contributed by atoms with van der Waals surface area (Å²) in [6.07, 6.45) is 0.107. The molecule has 0 saturated carbocycles. The third-order valence-electron chi connectivity index (χ3n) is 3.04. The van der Waals surface area contributed by atoms with Crippen molar-refractivity contribution in [3.63, 3.8) is 0 Å². The molecule has 1 aromatic heterocycles. The van der Waals surface area contributed by atoms with Gasteiger partial charge in [-0.15, -0.1) is 0 Å². The van der Waals surface area contributed by atoms with E-state index in [9.17, 15) is 9.59 Å². The Kier molecular flexibility index (Phi) is 3.87. The standard InChI is InChI=1S/C12H18N2O3S/c1-8-7-18-12(16)14(8)6-11(15)13-4-9(2)17-10(3)5-13/h7,9-10H,4-6H2,1-3H3. The first-order valence-electron chi connectivity index (χ1n) is 6.05. The highest BCUT2D eigenvalue weighted by molar-refractivity contribution is 7.07. The molecular weight excluding hydrogens is 252 g/mol. The molecule has 0 bridgehead atoms. The fourth-order valence-corrected chi connectivity index (χ4v) is 2.95. The van der Waals surface area contributed by atoms with Crippen molar-refractivity contribution in [1.82, 2.24) is 9.47 Å². The molecule has 1 saturated heterocycles. The number of carbonyl (C=O) groups excluding carboxylic acids is 1. The van der Waals surface area contributed by atoms with Gasteiger partial charge >= 0.3 is 4.87 Å². The molecule has 0 spiro atoms. The highest BCUT2D eigenvalue weighted by Gasteiger charge is 2.26. The molecule has 1 aromatic rings. The first-order chi connectivity index (χ1) is 8.47. The summed E-state index contributed by atoms with van der Waals surface area (Å²) < 4.78 is 7.11. The lowest BCUT2D eigenvalue weighted by Gasteiger charge is -2.35. The lowest BCUT2D eigenvalue weighted by atomic mass is 10.2. The molecule has 2 atom stereocenters. The number of amides is 1. The highest BCUT2D eigenvalue weighted by atomic mass is 32.1. The number of aryl methyl sites for hydroxylation is 1. The average Bonchev–Trinajstić information content (AvgIpc) is 2.59. The van der Waals surface area contributed by atoms with Gasteiger partial charge in [0.05, 0.1) is 12.2 Å². The van der Waals surface area contributed by atoms with Gasteiger partial charge in [0.2, 0.25) is 5.91 Å². The Hall–Kier alpha value is -1.14. The summed E-state index contributed by atoms with van der Waals surface area (Å²) in [7, 11) is 0. The molecule has 0 aliphatic carbocycles. The van der Waals surface area contributed by atoms with E-state index in [4.69, 9.17) is 4.74 Å². The topological polar surface area (TPSA) is 51.5 Å². The van der Waals surface area contributed by atoms with Crippen LogP contribution in [-0.2, 0) is 16.1 Å². The Morgan fingerprint density at radius 1 is 1.44 bits per heavy atom. The van der Waals surface area contributed by atoms with Gasteiger partial charge in [0.25, 0.3) is 0 Å². The zero-order chi connectivity index (χ0) is 13.3. The van der Waals surface area contributed by atoms with Crippen LogP contribution in [0.15, 0.2) is 10.2 Å². The van der Waals surface area contributed by atoms with Crippen LogP contribution < -0.4 is 4.87 Å². The fraction of sp³-hybridized carbons (Fsp3) is 0.667. The van der Waals surface area contributed by atoms with Crippen molar-refractivity contribution < 1.29 is 9.53 Å². The summed E-state index contributed by atoms with van der Waals surface area (Å²) in [5.74, 6) is -0.0133. The SMILES string of the molecule is Cc1csc(=O)n1CC(=O)N1CC(C)OC(C)C1. The summed E-state index contributed by atoms with van der Waals surface area (Å²) in [6, 6.07) is 0. The number of morpholine rings is 1. The van der Waals surface area contributed by atoms with E-state index >= 15 is 0 Å². The van der Waals surface area contributed by atoms with Crippen molar-refractivity contribution in [2.24, 2.45) is 0 Å². The molecule has 100 valence electrons. The van der Waals surface area contributed by atoms with E-state index in [1.165, 1.54) is 4.57 Å². The van der Waals surface area contributed by atoms with Crippen LogP contribution in [0.1, 0.15) is 19.5 Å². The number of rotatable bonds is 2. The van der Waals surface area contributed by atoms with E-state index in [2.05, 4.69) is 0 Å². The van der Waals surface area contributed by atoms with Crippen molar-refractivity contribution in [1.29, 1.82) is 0 Å². The third-order valence-corrected chi connectivity index (χ3v) is 3.92. The van der Waals surface area contributed by atoms with Crippen LogP contribution >= 0.6 is 11.3 Å². The van der Waals surface area contributed by atoms with Crippen LogP contribution in [0.2, 0.25) is 0 Å². The van der Waals surface area contributed by atoms with Crippen molar-refractivity contribution in [2.45, 2.75) is 39.5 Å². The Morgan fingerprint density at radius 3 is 2.56 bits per heavy atom. The van der Waals surface area contributed by atoms with E-state index in [1.807, 2.05) is 20.8 Å². The van der Waals surface area contributed by atoms with Crippen molar-refractivity contribution in [3.8, 4) is 0 Å². The van der Waals surface area contributed by atoms with Gasteiger partial charge in [-0.1, -0.05) is 11.3 Å². The zero-order valence-electron chi connectivity index (χ0n) is 10.9. The Bertz CT molecular complexity index is 484. The maximum absolute atomic E-state index is 12.2. The first kappa shape index (κ1) is 13.3. The molecule has 5 nitrogen and oxygen atoms in total. The van der Waals surface area contributed by atoms with E-state index in [1.54, 1.807) is 10.3 Å². The number of ether oxygens (including phenoxy) is 1. The molecule has 1 amide bonds. The quantitative estimate of drug-likeness (QED) is 0.800. The van der Waals surface area contributed by atoms with Gasteiger partial charge in [0.1, 0.15) is 6.54 Å². The normalized spacial score (nSPS) is 24.3. The number of thiazole rings is 1. The number of hydrogen-bond donors (Lipinski definition) is 0. The average molecular weight is 270 g/mol. The van der Waals surface area contributed by atoms with Crippen molar-refractivity contribution in [2.75, 3.05) is 13.1 Å². The fourth-order valence-electron chi connectivity index (χ4n) is 2.21. The van der Waals surface area contributed by atoms with Gasteiger partial charge in [-0.2, -0.15) is 0 Å². The molecule has 0 aromatic carbocycles. The summed E-state index contributed by atoms with van der Waals surface area (Å²) in [4.78, 5) is 25.5. The number of nitrogens with zero attached hydrogens (tertiary/aromatic N) is 2. The van der Waals surface area contributed by atoms with Crippen LogP contribution in [0, 0.1) is 6.92 Å². The van der Waals surface area contributed by atoms with Gasteiger partial charge in [-0.3, -0.25) is 14.2 Å². The minimum Gasteiger partial charge on any atom is -0.372 e. The zero-order valence-corrected chi connectivity index (χ0v) is 11.7. The molecular formula is C12H18N2O3S. The molecule has 18 heavy (non-hydrogen) atoms. The van der Waals surface area contributed by atoms with Crippen LogP contribution in [0.4, 0.5) is 0 Å². The molecule has 1 fully saturated rings. The Labute approximate surface area is 110 Å². The highest BCUT2D eigenvalue weighted by Crippen LogP contribution is 2.11. The van der Waals surface area contributed by atoms with E-state index in [0.29, 0.717) is 13.1 Å². The second kappa shape index (κ2) is 5.24. The second-order valence-electron chi connectivity index (χ2n) is 4.79. The van der Waals surface area contributed by atoms with Crippen LogP contribution in [0.5, 0.6) is 0 Å². The molecule has 2 rings (SSSR count). The molecule has 0 radical (unpaired) electrons. The Balaban J connectivity index is 2.06. The molecule has 0 N–H and O–H groups in total. The summed E-state index contributed by atoms with van der Waals surface area (Å²) in [6.45, 7) is 7.08. The van der Waals surface area contributed by atoms with E-state index in [0.717, 1.165) is 17.0 Å². The van der Waals surface area contributed by atoms with Crippen molar-refractivity contribution >= 4 is 17.2 Å². The summed E-state index contributed by atoms with van der Waals surface area (Å²) in [5.41, 5.74) is 0.840. The number of hydrogen-bond acceptors (Lipinski definition) is 4. The van der Waals surface area contributed by atoms with Crippen LogP contribution in [-0.4, -0.2) is 40.7 Å². The van der Waals surface area contributed by atoms with Crippen LogP contribution in [0.3, 0.4) is 0 Å². The predicted octanol–water partition coefficient (Wildman–Crippen LogP) is 0.854. The Morgan fingerprint density at radius 2 is 2.06 bits per heavy atom. The monoisotopic (exact) mass is 270 g/mol. The summed E-state index contributed by atoms with van der Waals surface area (Å²) >= 11 is 1.13. The van der Waals surface area contributed by atoms with Gasteiger partial charge < -0.3 is 9.64 Å². The minimum absolute atomic E-state index is 0.0133. The maximum atomic E-state index is 12.2. The number of carbonyl (C=O) groups is 1. The van der Waals surface area contributed by atoms with Crippen LogP contribution in [0.25, 0.3) is 0 Å². The third kappa shape index (κ3) is 2.81. The molecule has 6 heteroatoms. The minimum atomic E-state index is -0.0739. The predicted molar refractivity (Wildman–Crippen MR) is 69.9 cm³/mol. The summed E-state index contributed by atoms with van der Waals surface area (Å²) in [5, 5.41) is 1.78. The smallest absolute Gasteiger partial charge is 0.307 e. The van der Waals surface area contributed by atoms with E-state index < -0.39 is 0 Å².